The van der Waals surface area contributed by atoms with E-state index in [-0.39, 0.29) is 0 Å². The molecule has 1 aromatic carbocycles. The van der Waals surface area contributed by atoms with Gasteiger partial charge in [0.15, 0.2) is 5.84 Å². The van der Waals surface area contributed by atoms with Gasteiger partial charge in [-0.3, -0.25) is 0 Å². The second-order valence-electron chi connectivity index (χ2n) is 3.48. The largest absolute Gasteiger partial charge is 0.386 e. The standard InChI is InChI=1S/C11H17N5.2C2H6/c1-8-2-4-9(5-3-8)11(14)16-15-10(13)6-7-12;2*1-2/h2-5H,6-7,12H2,1H3,(H2,13,15)(H2,14,16);2*1-2H3. The maximum Gasteiger partial charge on any atom is 0.153 e. The van der Waals surface area contributed by atoms with E-state index < -0.39 is 0 Å². The van der Waals surface area contributed by atoms with Crippen LogP contribution in [-0.2, 0) is 0 Å². The van der Waals surface area contributed by atoms with Gasteiger partial charge in [-0.15, -0.1) is 10.2 Å². The summed E-state index contributed by atoms with van der Waals surface area (Å²) in [4.78, 5) is 0. The van der Waals surface area contributed by atoms with Crippen molar-refractivity contribution in [1.29, 1.82) is 0 Å². The number of benzene rings is 1. The molecule has 0 atom stereocenters. The van der Waals surface area contributed by atoms with Crippen LogP contribution in [0.2, 0.25) is 0 Å². The monoisotopic (exact) mass is 279 g/mol. The molecule has 0 aromatic heterocycles. The number of amidine groups is 2. The second kappa shape index (κ2) is 13.5. The van der Waals surface area contributed by atoms with Gasteiger partial charge in [-0.05, 0) is 13.5 Å². The maximum absolute atomic E-state index is 5.75. The Morgan fingerprint density at radius 2 is 1.45 bits per heavy atom. The van der Waals surface area contributed by atoms with E-state index >= 15 is 0 Å². The van der Waals surface area contributed by atoms with E-state index in [2.05, 4.69) is 10.2 Å². The van der Waals surface area contributed by atoms with Gasteiger partial charge < -0.3 is 17.2 Å². The second-order valence-corrected chi connectivity index (χ2v) is 3.48. The Labute approximate surface area is 123 Å². The van der Waals surface area contributed by atoms with E-state index in [1.165, 1.54) is 5.56 Å². The van der Waals surface area contributed by atoms with Crippen molar-refractivity contribution in [3.8, 4) is 0 Å². The Hall–Kier alpha value is -1.88. The lowest BCUT2D eigenvalue weighted by Crippen LogP contribution is -2.18. The molecule has 0 bridgehead atoms. The van der Waals surface area contributed by atoms with Crippen molar-refractivity contribution in [3.63, 3.8) is 0 Å². The van der Waals surface area contributed by atoms with Crippen molar-refractivity contribution in [1.82, 2.24) is 0 Å². The fraction of sp³-hybridized carbons (Fsp3) is 0.467. The third kappa shape index (κ3) is 9.10. The lowest BCUT2D eigenvalue weighted by atomic mass is 10.1. The first-order valence-electron chi connectivity index (χ1n) is 7.06. The number of hydrogen-bond acceptors (Lipinski definition) is 3. The van der Waals surface area contributed by atoms with Crippen molar-refractivity contribution in [2.75, 3.05) is 6.54 Å². The smallest absolute Gasteiger partial charge is 0.153 e. The molecule has 0 aliphatic carbocycles. The van der Waals surface area contributed by atoms with Gasteiger partial charge in [-0.2, -0.15) is 0 Å². The summed E-state index contributed by atoms with van der Waals surface area (Å²) in [6.07, 6.45) is 0.519. The summed E-state index contributed by atoms with van der Waals surface area (Å²) >= 11 is 0. The Morgan fingerprint density at radius 3 is 1.90 bits per heavy atom. The van der Waals surface area contributed by atoms with Gasteiger partial charge in [-0.1, -0.05) is 57.5 Å². The maximum atomic E-state index is 5.75. The van der Waals surface area contributed by atoms with Crippen molar-refractivity contribution >= 4 is 11.7 Å². The molecule has 114 valence electrons. The lowest BCUT2D eigenvalue weighted by Gasteiger charge is -1.99. The first kappa shape index (κ1) is 20.4. The summed E-state index contributed by atoms with van der Waals surface area (Å²) in [5.41, 5.74) is 18.6. The highest BCUT2D eigenvalue weighted by Gasteiger charge is 1.97. The quantitative estimate of drug-likeness (QED) is 0.448. The van der Waals surface area contributed by atoms with Gasteiger partial charge in [0.05, 0.1) is 0 Å². The molecular formula is C15H29N5. The van der Waals surface area contributed by atoms with Crippen molar-refractivity contribution in [3.05, 3.63) is 35.4 Å². The lowest BCUT2D eigenvalue weighted by molar-refractivity contribution is 1.01. The molecule has 0 unspecified atom stereocenters. The topological polar surface area (TPSA) is 103 Å². The number of rotatable bonds is 4. The predicted octanol–water partition coefficient (Wildman–Crippen LogP) is 2.37. The van der Waals surface area contributed by atoms with E-state index in [4.69, 9.17) is 17.2 Å². The predicted molar refractivity (Wildman–Crippen MR) is 89.9 cm³/mol. The number of nitrogens with zero attached hydrogens (tertiary/aromatic N) is 2. The van der Waals surface area contributed by atoms with Gasteiger partial charge in [-0.25, -0.2) is 0 Å². The van der Waals surface area contributed by atoms with E-state index in [0.29, 0.717) is 24.6 Å². The Bertz CT molecular complexity index is 393. The highest BCUT2D eigenvalue weighted by atomic mass is 15.3. The van der Waals surface area contributed by atoms with Gasteiger partial charge in [0.1, 0.15) is 5.84 Å². The molecule has 5 nitrogen and oxygen atoms in total. The molecule has 5 heteroatoms. The zero-order valence-corrected chi connectivity index (χ0v) is 13.4. The SMILES string of the molecule is CC.CC.Cc1ccc(/C(N)=N/N=C(\N)CCN)cc1. The third-order valence-corrected chi connectivity index (χ3v) is 2.03. The van der Waals surface area contributed by atoms with Gasteiger partial charge >= 0.3 is 0 Å². The van der Waals surface area contributed by atoms with E-state index in [1.807, 2.05) is 58.9 Å². The van der Waals surface area contributed by atoms with Crippen LogP contribution >= 0.6 is 0 Å². The summed E-state index contributed by atoms with van der Waals surface area (Å²) < 4.78 is 0. The van der Waals surface area contributed by atoms with Gasteiger partial charge in [0.2, 0.25) is 0 Å². The molecule has 0 fully saturated rings. The summed E-state index contributed by atoms with van der Waals surface area (Å²) in [5.74, 6) is 0.734. The van der Waals surface area contributed by atoms with Crippen LogP contribution < -0.4 is 17.2 Å². The average molecular weight is 279 g/mol. The molecule has 0 heterocycles. The summed E-state index contributed by atoms with van der Waals surface area (Å²) in [6.45, 7) is 10.5. The van der Waals surface area contributed by atoms with Crippen LogP contribution in [0, 0.1) is 6.92 Å². The van der Waals surface area contributed by atoms with Crippen LogP contribution in [0.1, 0.15) is 45.2 Å². The molecule has 1 aromatic rings. The van der Waals surface area contributed by atoms with E-state index in [0.717, 1.165) is 5.56 Å². The van der Waals surface area contributed by atoms with Crippen LogP contribution in [-0.4, -0.2) is 18.2 Å². The number of nitrogens with two attached hydrogens (primary N) is 3. The van der Waals surface area contributed by atoms with E-state index in [9.17, 15) is 0 Å². The fourth-order valence-electron chi connectivity index (χ4n) is 1.10. The van der Waals surface area contributed by atoms with Crippen LogP contribution in [0.15, 0.2) is 34.5 Å². The molecule has 0 saturated carbocycles. The van der Waals surface area contributed by atoms with Crippen LogP contribution in [0.4, 0.5) is 0 Å². The molecule has 0 radical (unpaired) electrons. The first-order valence-corrected chi connectivity index (χ1v) is 7.06. The number of aryl methyl sites for hydroxylation is 1. The zero-order valence-electron chi connectivity index (χ0n) is 13.4. The minimum absolute atomic E-state index is 0.347. The molecule has 0 amide bonds. The molecule has 20 heavy (non-hydrogen) atoms. The number of hydrogen-bond donors (Lipinski definition) is 3. The van der Waals surface area contributed by atoms with Crippen LogP contribution in [0.3, 0.4) is 0 Å². The molecule has 0 aliphatic rings. The van der Waals surface area contributed by atoms with E-state index in [1.54, 1.807) is 0 Å². The Morgan fingerprint density at radius 1 is 0.950 bits per heavy atom. The highest BCUT2D eigenvalue weighted by Crippen LogP contribution is 2.02. The summed E-state index contributed by atoms with van der Waals surface area (Å²) in [7, 11) is 0. The fourth-order valence-corrected chi connectivity index (χ4v) is 1.10. The van der Waals surface area contributed by atoms with Crippen molar-refractivity contribution in [2.24, 2.45) is 27.4 Å². The van der Waals surface area contributed by atoms with Crippen LogP contribution in [0.25, 0.3) is 0 Å². The van der Waals surface area contributed by atoms with Crippen LogP contribution in [0.5, 0.6) is 0 Å². The molecular weight excluding hydrogens is 250 g/mol. The van der Waals surface area contributed by atoms with Gasteiger partial charge in [0.25, 0.3) is 0 Å². The molecule has 0 spiro atoms. The first-order chi connectivity index (χ1) is 9.63. The third-order valence-electron chi connectivity index (χ3n) is 2.03. The van der Waals surface area contributed by atoms with Crippen molar-refractivity contribution < 1.29 is 0 Å². The zero-order chi connectivity index (χ0) is 16.0. The normalized spacial score (nSPS) is 10.9. The molecule has 1 rings (SSSR count). The average Bonchev–Trinajstić information content (AvgIpc) is 2.50. The van der Waals surface area contributed by atoms with Crippen molar-refractivity contribution in [2.45, 2.75) is 41.0 Å². The minimum Gasteiger partial charge on any atom is -0.386 e. The summed E-state index contributed by atoms with van der Waals surface area (Å²) in [6, 6.07) is 7.71. The minimum atomic E-state index is 0.347. The Kier molecular flexibility index (Phi) is 13.8. The Balaban J connectivity index is 0. The molecule has 0 aliphatic heterocycles. The highest BCUT2D eigenvalue weighted by molar-refractivity contribution is 5.97. The van der Waals surface area contributed by atoms with Gasteiger partial charge in [0, 0.05) is 12.0 Å². The summed E-state index contributed by atoms with van der Waals surface area (Å²) in [5, 5.41) is 7.63. The molecule has 6 N–H and O–H groups in total. The molecule has 0 saturated heterocycles.